The third-order valence-corrected chi connectivity index (χ3v) is 2.77. The lowest BCUT2D eigenvalue weighted by Crippen LogP contribution is -2.07. The van der Waals surface area contributed by atoms with Crippen molar-refractivity contribution in [3.63, 3.8) is 0 Å². The highest BCUT2D eigenvalue weighted by Crippen LogP contribution is 2.18. The van der Waals surface area contributed by atoms with Crippen LogP contribution in [-0.4, -0.2) is 14.8 Å². The predicted molar refractivity (Wildman–Crippen MR) is 69.2 cm³/mol. The molecule has 0 bridgehead atoms. The summed E-state index contributed by atoms with van der Waals surface area (Å²) in [7, 11) is 0. The van der Waals surface area contributed by atoms with Crippen molar-refractivity contribution in [2.24, 2.45) is 0 Å². The first kappa shape index (κ1) is 11.9. The molecule has 0 aliphatic heterocycles. The zero-order chi connectivity index (χ0) is 12.3. The van der Waals surface area contributed by atoms with Crippen molar-refractivity contribution in [1.29, 1.82) is 0 Å². The van der Waals surface area contributed by atoms with Gasteiger partial charge in [-0.2, -0.15) is 5.10 Å². The maximum atomic E-state index is 5.83. The molecule has 0 aliphatic carbocycles. The van der Waals surface area contributed by atoms with Gasteiger partial charge < -0.3 is 5.32 Å². The van der Waals surface area contributed by atoms with E-state index in [-0.39, 0.29) is 6.04 Å². The first-order chi connectivity index (χ1) is 8.19. The number of pyridine rings is 1. The van der Waals surface area contributed by atoms with Gasteiger partial charge in [0.1, 0.15) is 11.0 Å². The Morgan fingerprint density at radius 1 is 1.47 bits per heavy atom. The molecule has 1 atom stereocenters. The summed E-state index contributed by atoms with van der Waals surface area (Å²) >= 11 is 5.83. The second kappa shape index (κ2) is 5.19. The highest BCUT2D eigenvalue weighted by atomic mass is 35.5. The van der Waals surface area contributed by atoms with Gasteiger partial charge in [0, 0.05) is 18.3 Å². The van der Waals surface area contributed by atoms with Crippen LogP contribution in [0.4, 0.5) is 5.82 Å². The summed E-state index contributed by atoms with van der Waals surface area (Å²) in [5.74, 6) is 0.772. The zero-order valence-electron chi connectivity index (χ0n) is 9.89. The Bertz CT molecular complexity index is 495. The Kier molecular flexibility index (Phi) is 3.64. The molecule has 1 N–H and O–H groups in total. The van der Waals surface area contributed by atoms with Crippen molar-refractivity contribution in [3.8, 4) is 0 Å². The van der Waals surface area contributed by atoms with Crippen LogP contribution in [-0.2, 0) is 6.54 Å². The molecule has 17 heavy (non-hydrogen) atoms. The van der Waals surface area contributed by atoms with Crippen molar-refractivity contribution < 1.29 is 0 Å². The lowest BCUT2D eigenvalue weighted by atomic mass is 10.2. The third-order valence-electron chi connectivity index (χ3n) is 2.56. The molecule has 0 saturated carbocycles. The Balaban J connectivity index is 2.08. The maximum Gasteiger partial charge on any atom is 0.131 e. The minimum atomic E-state index is 0.154. The van der Waals surface area contributed by atoms with Crippen LogP contribution >= 0.6 is 11.6 Å². The Labute approximate surface area is 106 Å². The summed E-state index contributed by atoms with van der Waals surface area (Å²) in [6, 6.07) is 5.68. The average Bonchev–Trinajstić information content (AvgIpc) is 2.77. The summed E-state index contributed by atoms with van der Waals surface area (Å²) in [5.41, 5.74) is 1.13. The molecule has 0 saturated heterocycles. The summed E-state index contributed by atoms with van der Waals surface area (Å²) in [6.07, 6.45) is 3.90. The molecular weight excluding hydrogens is 236 g/mol. The van der Waals surface area contributed by atoms with Crippen molar-refractivity contribution in [3.05, 3.63) is 41.3 Å². The van der Waals surface area contributed by atoms with E-state index in [0.29, 0.717) is 5.15 Å². The fraction of sp³-hybridized carbons (Fsp3) is 0.333. The van der Waals surface area contributed by atoms with Crippen LogP contribution in [0.15, 0.2) is 30.6 Å². The number of rotatable bonds is 4. The highest BCUT2D eigenvalue weighted by molar-refractivity contribution is 6.29. The van der Waals surface area contributed by atoms with E-state index in [9.17, 15) is 0 Å². The molecule has 2 heterocycles. The van der Waals surface area contributed by atoms with Crippen molar-refractivity contribution >= 4 is 17.4 Å². The second-order valence-corrected chi connectivity index (χ2v) is 4.23. The van der Waals surface area contributed by atoms with Gasteiger partial charge in [0.25, 0.3) is 0 Å². The molecule has 2 aromatic heterocycles. The van der Waals surface area contributed by atoms with Crippen LogP contribution < -0.4 is 5.32 Å². The number of nitrogens with zero attached hydrogens (tertiary/aromatic N) is 3. The summed E-state index contributed by atoms with van der Waals surface area (Å²) in [5, 5.41) is 8.02. The number of nitrogens with one attached hydrogen (secondary N) is 1. The first-order valence-corrected chi connectivity index (χ1v) is 5.98. The largest absolute Gasteiger partial charge is 0.363 e. The van der Waals surface area contributed by atoms with Gasteiger partial charge in [-0.1, -0.05) is 17.7 Å². The SMILES string of the molecule is CCn1cc(C(C)Nc2cccc(Cl)n2)cn1. The molecule has 90 valence electrons. The van der Waals surface area contributed by atoms with Crippen molar-refractivity contribution in [2.75, 3.05) is 5.32 Å². The minimum absolute atomic E-state index is 0.154. The molecule has 0 fully saturated rings. The summed E-state index contributed by atoms with van der Waals surface area (Å²) in [4.78, 5) is 4.19. The van der Waals surface area contributed by atoms with Gasteiger partial charge in [-0.05, 0) is 26.0 Å². The van der Waals surface area contributed by atoms with Crippen molar-refractivity contribution in [1.82, 2.24) is 14.8 Å². The Hall–Kier alpha value is -1.55. The van der Waals surface area contributed by atoms with E-state index in [1.165, 1.54) is 0 Å². The van der Waals surface area contributed by atoms with E-state index in [1.807, 2.05) is 29.2 Å². The average molecular weight is 251 g/mol. The van der Waals surface area contributed by atoms with E-state index < -0.39 is 0 Å². The number of aryl methyl sites for hydroxylation is 1. The minimum Gasteiger partial charge on any atom is -0.363 e. The van der Waals surface area contributed by atoms with Crippen LogP contribution in [0, 0.1) is 0 Å². The molecule has 5 heteroatoms. The molecule has 0 amide bonds. The number of aromatic nitrogens is 3. The van der Waals surface area contributed by atoms with Gasteiger partial charge in [-0.15, -0.1) is 0 Å². The van der Waals surface area contributed by atoms with Crippen LogP contribution in [0.25, 0.3) is 0 Å². The fourth-order valence-electron chi connectivity index (χ4n) is 1.57. The van der Waals surface area contributed by atoms with E-state index in [1.54, 1.807) is 6.07 Å². The van der Waals surface area contributed by atoms with Crippen LogP contribution in [0.5, 0.6) is 0 Å². The lowest BCUT2D eigenvalue weighted by molar-refractivity contribution is 0.658. The summed E-state index contributed by atoms with van der Waals surface area (Å²) < 4.78 is 1.90. The Morgan fingerprint density at radius 2 is 2.29 bits per heavy atom. The number of anilines is 1. The molecular formula is C12H15ClN4. The number of hydrogen-bond donors (Lipinski definition) is 1. The molecule has 4 nitrogen and oxygen atoms in total. The van der Waals surface area contributed by atoms with Crippen molar-refractivity contribution in [2.45, 2.75) is 26.4 Å². The molecule has 0 aliphatic rings. The molecule has 0 spiro atoms. The van der Waals surface area contributed by atoms with E-state index >= 15 is 0 Å². The quantitative estimate of drug-likeness (QED) is 0.848. The molecule has 0 aromatic carbocycles. The molecule has 0 radical (unpaired) electrons. The van der Waals surface area contributed by atoms with Gasteiger partial charge in [0.2, 0.25) is 0 Å². The van der Waals surface area contributed by atoms with Gasteiger partial charge >= 0.3 is 0 Å². The zero-order valence-corrected chi connectivity index (χ0v) is 10.6. The lowest BCUT2D eigenvalue weighted by Gasteiger charge is -2.12. The molecule has 2 aromatic rings. The van der Waals surface area contributed by atoms with E-state index in [4.69, 9.17) is 11.6 Å². The topological polar surface area (TPSA) is 42.7 Å². The summed E-state index contributed by atoms with van der Waals surface area (Å²) in [6.45, 7) is 5.01. The highest BCUT2D eigenvalue weighted by Gasteiger charge is 2.08. The van der Waals surface area contributed by atoms with Crippen LogP contribution in [0.2, 0.25) is 5.15 Å². The standard InChI is InChI=1S/C12H15ClN4/c1-3-17-8-10(7-14-17)9(2)15-12-6-4-5-11(13)16-12/h4-9H,3H2,1-2H3,(H,15,16). The van der Waals surface area contributed by atoms with Crippen LogP contribution in [0.3, 0.4) is 0 Å². The predicted octanol–water partition coefficient (Wildman–Crippen LogP) is 3.12. The fourth-order valence-corrected chi connectivity index (χ4v) is 1.73. The smallest absolute Gasteiger partial charge is 0.131 e. The number of halogens is 1. The normalized spacial score (nSPS) is 12.4. The monoisotopic (exact) mass is 250 g/mol. The first-order valence-electron chi connectivity index (χ1n) is 5.60. The van der Waals surface area contributed by atoms with Gasteiger partial charge in [0.15, 0.2) is 0 Å². The molecule has 2 rings (SSSR count). The molecule has 1 unspecified atom stereocenters. The third kappa shape index (κ3) is 2.97. The van der Waals surface area contributed by atoms with E-state index in [0.717, 1.165) is 17.9 Å². The van der Waals surface area contributed by atoms with Gasteiger partial charge in [0.05, 0.1) is 12.2 Å². The maximum absolute atomic E-state index is 5.83. The second-order valence-electron chi connectivity index (χ2n) is 3.84. The van der Waals surface area contributed by atoms with Gasteiger partial charge in [-0.3, -0.25) is 4.68 Å². The van der Waals surface area contributed by atoms with E-state index in [2.05, 4.69) is 29.2 Å². The van der Waals surface area contributed by atoms with Gasteiger partial charge in [-0.25, -0.2) is 4.98 Å². The van der Waals surface area contributed by atoms with Crippen LogP contribution in [0.1, 0.15) is 25.5 Å². The number of hydrogen-bond acceptors (Lipinski definition) is 3. The Morgan fingerprint density at radius 3 is 2.94 bits per heavy atom.